The van der Waals surface area contributed by atoms with Crippen LogP contribution in [0.4, 0.5) is 0 Å². The van der Waals surface area contributed by atoms with Gasteiger partial charge in [0.1, 0.15) is 15.4 Å². The molecule has 31 heavy (non-hydrogen) atoms. The first-order valence-corrected chi connectivity index (χ1v) is 13.0. The highest BCUT2D eigenvalue weighted by molar-refractivity contribution is 9.10. The summed E-state index contributed by atoms with van der Waals surface area (Å²) in [6.45, 7) is 0. The fourth-order valence-electron chi connectivity index (χ4n) is 2.58. The Kier molecular flexibility index (Phi) is 7.29. The molecule has 3 aromatic rings. The van der Waals surface area contributed by atoms with E-state index in [0.29, 0.717) is 23.4 Å². The van der Waals surface area contributed by atoms with Gasteiger partial charge in [-0.2, -0.15) is 0 Å². The fraction of sp³-hybridized carbons (Fsp3) is 0.105. The highest BCUT2D eigenvalue weighted by Crippen LogP contribution is 2.39. The number of rotatable bonds is 6. The van der Waals surface area contributed by atoms with E-state index in [-0.39, 0.29) is 11.3 Å². The van der Waals surface area contributed by atoms with Gasteiger partial charge in [0.15, 0.2) is 0 Å². The Morgan fingerprint density at radius 1 is 1.23 bits per heavy atom. The van der Waals surface area contributed by atoms with Gasteiger partial charge < -0.3 is 17.2 Å². The maximum Gasteiger partial charge on any atom is 0.287 e. The minimum absolute atomic E-state index is 0.00773. The van der Waals surface area contributed by atoms with Crippen molar-refractivity contribution in [2.75, 3.05) is 6.26 Å². The Bertz CT molecular complexity index is 1270. The van der Waals surface area contributed by atoms with Gasteiger partial charge >= 0.3 is 0 Å². The van der Waals surface area contributed by atoms with Crippen LogP contribution in [0.25, 0.3) is 0 Å². The number of hydrogen-bond acceptors (Lipinski definition) is 8. The molecule has 8 nitrogen and oxygen atoms in total. The van der Waals surface area contributed by atoms with E-state index < -0.39 is 27.7 Å². The molecule has 162 valence electrons. The smallest absolute Gasteiger partial charge is 0.287 e. The summed E-state index contributed by atoms with van der Waals surface area (Å²) in [7, 11) is -3.39. The molecule has 1 aromatic carbocycles. The molecule has 6 N–H and O–H groups in total. The largest absolute Gasteiger partial charge is 0.364 e. The van der Waals surface area contributed by atoms with Crippen LogP contribution in [0.3, 0.4) is 0 Å². The summed E-state index contributed by atoms with van der Waals surface area (Å²) in [6.07, 6.45) is 2.25. The van der Waals surface area contributed by atoms with Gasteiger partial charge in [-0.15, -0.1) is 27.5 Å². The van der Waals surface area contributed by atoms with E-state index in [1.165, 1.54) is 41.4 Å². The molecule has 0 radical (unpaired) electrons. The van der Waals surface area contributed by atoms with Crippen molar-refractivity contribution in [3.05, 3.63) is 69.3 Å². The van der Waals surface area contributed by atoms with E-state index in [9.17, 15) is 13.8 Å². The average Bonchev–Trinajstić information content (AvgIpc) is 3.19. The van der Waals surface area contributed by atoms with Crippen molar-refractivity contribution in [3.8, 4) is 0 Å². The molecule has 2 heterocycles. The van der Waals surface area contributed by atoms with Gasteiger partial charge in [0.2, 0.25) is 0 Å². The van der Waals surface area contributed by atoms with E-state index in [2.05, 4.69) is 25.3 Å². The summed E-state index contributed by atoms with van der Waals surface area (Å²) in [6, 6.07) is 11.1. The Hall–Kier alpha value is -2.09. The van der Waals surface area contributed by atoms with Crippen molar-refractivity contribution < 1.29 is 13.8 Å². The third kappa shape index (κ3) is 5.05. The molecule has 2 amide bonds. The molecule has 0 saturated carbocycles. The number of nitrogens with two attached hydrogens (primary N) is 3. The number of nitrogens with zero attached hydrogens (tertiary/aromatic N) is 2. The number of amides is 2. The van der Waals surface area contributed by atoms with E-state index in [0.717, 1.165) is 0 Å². The Labute approximate surface area is 195 Å². The molecule has 2 aromatic heterocycles. The molecular formula is C19H18BrN5O3S3. The van der Waals surface area contributed by atoms with Crippen LogP contribution in [-0.4, -0.2) is 27.3 Å². The lowest BCUT2D eigenvalue weighted by molar-refractivity contribution is 0.0986. The Morgan fingerprint density at radius 2 is 1.97 bits per heavy atom. The van der Waals surface area contributed by atoms with Crippen LogP contribution in [-0.2, 0) is 9.73 Å². The number of pyridine rings is 1. The summed E-state index contributed by atoms with van der Waals surface area (Å²) >= 11 is 6.05. The SMILES string of the molecule is CSc1sc(C(N)N)cc1S(=O)(=NC(=O)c1ccc(C(N)=O)nc1)c1cccc(Br)c1. The second-order valence-corrected chi connectivity index (χ2v) is 11.4. The van der Waals surface area contributed by atoms with E-state index in [1.54, 1.807) is 30.3 Å². The second kappa shape index (κ2) is 9.59. The maximum absolute atomic E-state index is 14.3. The lowest BCUT2D eigenvalue weighted by atomic mass is 10.2. The third-order valence-corrected chi connectivity index (χ3v) is 9.44. The molecule has 12 heteroatoms. The molecule has 0 saturated heterocycles. The van der Waals surface area contributed by atoms with Gasteiger partial charge in [0.25, 0.3) is 11.8 Å². The molecule has 0 aliphatic carbocycles. The Balaban J connectivity index is 2.23. The third-order valence-electron chi connectivity index (χ3n) is 4.09. The zero-order chi connectivity index (χ0) is 22.8. The van der Waals surface area contributed by atoms with Gasteiger partial charge in [-0.25, -0.2) is 4.21 Å². The average molecular weight is 540 g/mol. The van der Waals surface area contributed by atoms with Crippen molar-refractivity contribution in [2.45, 2.75) is 20.2 Å². The van der Waals surface area contributed by atoms with Crippen LogP contribution >= 0.6 is 39.0 Å². The highest BCUT2D eigenvalue weighted by atomic mass is 79.9. The number of hydrogen-bond donors (Lipinski definition) is 3. The van der Waals surface area contributed by atoms with Crippen molar-refractivity contribution >= 4 is 60.6 Å². The first kappa shape index (κ1) is 23.6. The van der Waals surface area contributed by atoms with Crippen molar-refractivity contribution in [3.63, 3.8) is 0 Å². The number of halogens is 1. The fourth-order valence-corrected chi connectivity index (χ4v) is 7.68. The zero-order valence-corrected chi connectivity index (χ0v) is 20.2. The minimum atomic E-state index is -3.39. The van der Waals surface area contributed by atoms with Crippen LogP contribution < -0.4 is 17.2 Å². The number of carbonyl (C=O) groups is 2. The molecule has 0 aliphatic rings. The van der Waals surface area contributed by atoms with Gasteiger partial charge in [-0.3, -0.25) is 14.6 Å². The number of thioether (sulfide) groups is 1. The van der Waals surface area contributed by atoms with Gasteiger partial charge in [-0.05, 0) is 42.7 Å². The van der Waals surface area contributed by atoms with Crippen molar-refractivity contribution in [1.29, 1.82) is 0 Å². The van der Waals surface area contributed by atoms with Crippen LogP contribution in [0.1, 0.15) is 31.9 Å². The number of aromatic nitrogens is 1. The predicted molar refractivity (Wildman–Crippen MR) is 126 cm³/mol. The summed E-state index contributed by atoms with van der Waals surface area (Å²) in [5.74, 6) is -1.47. The number of primary amides is 1. The predicted octanol–water partition coefficient (Wildman–Crippen LogP) is 3.37. The van der Waals surface area contributed by atoms with Crippen molar-refractivity contribution in [2.24, 2.45) is 21.6 Å². The molecule has 0 spiro atoms. The molecular weight excluding hydrogens is 522 g/mol. The monoisotopic (exact) mass is 539 g/mol. The van der Waals surface area contributed by atoms with Gasteiger partial charge in [0.05, 0.1) is 25.7 Å². The normalized spacial score (nSPS) is 13.1. The molecule has 1 unspecified atom stereocenters. The zero-order valence-electron chi connectivity index (χ0n) is 16.2. The number of thiophene rings is 1. The summed E-state index contributed by atoms with van der Waals surface area (Å²) in [5, 5.41) is 0. The molecule has 0 fully saturated rings. The van der Waals surface area contributed by atoms with Crippen molar-refractivity contribution in [1.82, 2.24) is 4.98 Å². The van der Waals surface area contributed by atoms with Crippen LogP contribution in [0.5, 0.6) is 0 Å². The lowest BCUT2D eigenvalue weighted by Gasteiger charge is -2.11. The topological polar surface area (TPSA) is 155 Å². The molecule has 3 rings (SSSR count). The quantitative estimate of drug-likeness (QED) is 0.320. The van der Waals surface area contributed by atoms with Gasteiger partial charge in [0, 0.05) is 15.5 Å². The van der Waals surface area contributed by atoms with E-state index in [4.69, 9.17) is 17.2 Å². The van der Waals surface area contributed by atoms with E-state index in [1.807, 2.05) is 6.26 Å². The van der Waals surface area contributed by atoms with Crippen LogP contribution in [0.2, 0.25) is 0 Å². The minimum Gasteiger partial charge on any atom is -0.364 e. The second-order valence-electron chi connectivity index (χ2n) is 6.21. The van der Waals surface area contributed by atoms with Crippen LogP contribution in [0, 0.1) is 0 Å². The van der Waals surface area contributed by atoms with Crippen LogP contribution in [0.15, 0.2) is 71.5 Å². The molecule has 0 aliphatic heterocycles. The Morgan fingerprint density at radius 3 is 2.52 bits per heavy atom. The standard InChI is InChI=1S/C19H18BrN5O3S3/c1-29-19-15(8-14(30-19)16(21)22)31(28,12-4-2-3-11(20)7-12)25-18(27)10-5-6-13(17(23)26)24-9-10/h2-9,16H,21-22H2,1H3,(H2,23,26). The van der Waals surface area contributed by atoms with E-state index >= 15 is 0 Å². The summed E-state index contributed by atoms with van der Waals surface area (Å²) in [4.78, 5) is 29.4. The highest BCUT2D eigenvalue weighted by Gasteiger charge is 2.26. The molecule has 0 bridgehead atoms. The summed E-state index contributed by atoms with van der Waals surface area (Å²) in [5.41, 5.74) is 16.9. The van der Waals surface area contributed by atoms with Gasteiger partial charge in [-0.1, -0.05) is 22.0 Å². The first-order chi connectivity index (χ1) is 14.7. The summed E-state index contributed by atoms with van der Waals surface area (Å²) < 4.78 is 19.8. The first-order valence-electron chi connectivity index (χ1n) is 8.67. The maximum atomic E-state index is 14.3. The number of benzene rings is 1. The molecule has 1 atom stereocenters. The number of carbonyl (C=O) groups excluding carboxylic acids is 2. The lowest BCUT2D eigenvalue weighted by Crippen LogP contribution is -2.18.